The van der Waals surface area contributed by atoms with Crippen LogP contribution in [0.1, 0.15) is 16.7 Å². The first-order valence-electron chi connectivity index (χ1n) is 6.21. The molecule has 2 aromatic rings. The van der Waals surface area contributed by atoms with Crippen LogP contribution in [0.2, 0.25) is 5.02 Å². The summed E-state index contributed by atoms with van der Waals surface area (Å²) in [4.78, 5) is 10.2. The third-order valence-corrected chi connectivity index (χ3v) is 3.43. The molecule has 0 unspecified atom stereocenters. The molecular weight excluding hydrogens is 276 g/mol. The smallest absolute Gasteiger partial charge is 0.288 e. The molecule has 0 aliphatic heterocycles. The SMILES string of the molecule is Cc1ccc(C)c(CNc2ccc([N+](=O)[O-])c(Cl)c2)c1. The van der Waals surface area contributed by atoms with Gasteiger partial charge in [0.2, 0.25) is 0 Å². The largest absolute Gasteiger partial charge is 0.381 e. The summed E-state index contributed by atoms with van der Waals surface area (Å²) in [5.41, 5.74) is 4.29. The van der Waals surface area contributed by atoms with Crippen molar-refractivity contribution in [3.05, 3.63) is 68.2 Å². The minimum atomic E-state index is -0.489. The van der Waals surface area contributed by atoms with E-state index >= 15 is 0 Å². The number of anilines is 1. The summed E-state index contributed by atoms with van der Waals surface area (Å²) in [6.07, 6.45) is 0. The minimum absolute atomic E-state index is 0.0797. The maximum Gasteiger partial charge on any atom is 0.288 e. The third-order valence-electron chi connectivity index (χ3n) is 3.13. The van der Waals surface area contributed by atoms with Gasteiger partial charge in [-0.2, -0.15) is 0 Å². The number of aryl methyl sites for hydroxylation is 2. The second-order valence-corrected chi connectivity index (χ2v) is 5.11. The van der Waals surface area contributed by atoms with Crippen molar-refractivity contribution in [1.82, 2.24) is 0 Å². The normalized spacial score (nSPS) is 10.3. The lowest BCUT2D eigenvalue weighted by Crippen LogP contribution is -2.02. The quantitative estimate of drug-likeness (QED) is 0.667. The van der Waals surface area contributed by atoms with Gasteiger partial charge in [-0.3, -0.25) is 10.1 Å². The molecule has 0 spiro atoms. The van der Waals surface area contributed by atoms with Gasteiger partial charge in [-0.1, -0.05) is 35.4 Å². The molecule has 4 nitrogen and oxygen atoms in total. The third kappa shape index (κ3) is 3.27. The van der Waals surface area contributed by atoms with Crippen LogP contribution in [0.3, 0.4) is 0 Å². The second-order valence-electron chi connectivity index (χ2n) is 4.71. The zero-order valence-corrected chi connectivity index (χ0v) is 12.1. The van der Waals surface area contributed by atoms with Gasteiger partial charge in [-0.05, 0) is 37.1 Å². The predicted octanol–water partition coefficient (Wildman–Crippen LogP) is 4.48. The first-order chi connectivity index (χ1) is 9.47. The fraction of sp³-hybridized carbons (Fsp3) is 0.200. The van der Waals surface area contributed by atoms with Crippen LogP contribution in [0.15, 0.2) is 36.4 Å². The first-order valence-corrected chi connectivity index (χ1v) is 6.59. The zero-order valence-electron chi connectivity index (χ0n) is 11.3. The van der Waals surface area contributed by atoms with Crippen molar-refractivity contribution in [2.24, 2.45) is 0 Å². The Morgan fingerprint density at radius 1 is 1.20 bits per heavy atom. The molecule has 0 radical (unpaired) electrons. The van der Waals surface area contributed by atoms with Gasteiger partial charge >= 0.3 is 0 Å². The molecule has 2 rings (SSSR count). The number of rotatable bonds is 4. The topological polar surface area (TPSA) is 55.2 Å². The summed E-state index contributed by atoms with van der Waals surface area (Å²) in [6, 6.07) is 10.9. The lowest BCUT2D eigenvalue weighted by molar-refractivity contribution is -0.384. The van der Waals surface area contributed by atoms with E-state index in [9.17, 15) is 10.1 Å². The highest BCUT2D eigenvalue weighted by atomic mass is 35.5. The number of nitrogens with zero attached hydrogens (tertiary/aromatic N) is 1. The summed E-state index contributed by atoms with van der Waals surface area (Å²) in [5.74, 6) is 0. The molecule has 0 amide bonds. The van der Waals surface area contributed by atoms with E-state index in [0.29, 0.717) is 6.54 Å². The van der Waals surface area contributed by atoms with Crippen LogP contribution in [0.5, 0.6) is 0 Å². The zero-order chi connectivity index (χ0) is 14.7. The molecule has 1 N–H and O–H groups in total. The molecule has 0 atom stereocenters. The number of benzene rings is 2. The lowest BCUT2D eigenvalue weighted by atomic mass is 10.1. The molecule has 0 aromatic heterocycles. The van der Waals surface area contributed by atoms with E-state index in [4.69, 9.17) is 11.6 Å². The van der Waals surface area contributed by atoms with E-state index in [0.717, 1.165) is 5.69 Å². The number of nitro groups is 1. The highest BCUT2D eigenvalue weighted by molar-refractivity contribution is 6.32. The van der Waals surface area contributed by atoms with Crippen molar-refractivity contribution in [2.75, 3.05) is 5.32 Å². The van der Waals surface area contributed by atoms with E-state index in [2.05, 4.69) is 30.4 Å². The molecule has 0 aliphatic carbocycles. The molecule has 0 bridgehead atoms. The average molecular weight is 291 g/mol. The Kier molecular flexibility index (Phi) is 4.25. The Morgan fingerprint density at radius 3 is 2.60 bits per heavy atom. The number of hydrogen-bond donors (Lipinski definition) is 1. The number of nitrogens with one attached hydrogen (secondary N) is 1. The monoisotopic (exact) mass is 290 g/mol. The maximum absolute atomic E-state index is 10.7. The summed E-state index contributed by atoms with van der Waals surface area (Å²) >= 11 is 5.88. The van der Waals surface area contributed by atoms with Gasteiger partial charge in [0.15, 0.2) is 0 Å². The Balaban J connectivity index is 2.13. The van der Waals surface area contributed by atoms with Crippen molar-refractivity contribution in [1.29, 1.82) is 0 Å². The molecule has 0 aliphatic rings. The standard InChI is InChI=1S/C15H15ClN2O2/c1-10-3-4-11(2)12(7-10)9-17-13-5-6-15(18(19)20)14(16)8-13/h3-8,17H,9H2,1-2H3. The van der Waals surface area contributed by atoms with Gasteiger partial charge in [-0.25, -0.2) is 0 Å². The van der Waals surface area contributed by atoms with Gasteiger partial charge in [0.1, 0.15) is 5.02 Å². The van der Waals surface area contributed by atoms with Gasteiger partial charge in [0.05, 0.1) is 4.92 Å². The van der Waals surface area contributed by atoms with Crippen LogP contribution in [-0.4, -0.2) is 4.92 Å². The molecule has 0 saturated carbocycles. The van der Waals surface area contributed by atoms with E-state index in [1.807, 2.05) is 6.92 Å². The van der Waals surface area contributed by atoms with Crippen LogP contribution in [-0.2, 0) is 6.54 Å². The van der Waals surface area contributed by atoms with Crippen LogP contribution < -0.4 is 5.32 Å². The predicted molar refractivity (Wildman–Crippen MR) is 81.3 cm³/mol. The minimum Gasteiger partial charge on any atom is -0.381 e. The molecular formula is C15H15ClN2O2. The number of halogens is 1. The first kappa shape index (κ1) is 14.3. The van der Waals surface area contributed by atoms with Crippen LogP contribution in [0, 0.1) is 24.0 Å². The van der Waals surface area contributed by atoms with E-state index in [-0.39, 0.29) is 10.7 Å². The summed E-state index contributed by atoms with van der Waals surface area (Å²) in [7, 11) is 0. The van der Waals surface area contributed by atoms with Crippen LogP contribution in [0.4, 0.5) is 11.4 Å². The van der Waals surface area contributed by atoms with Crippen molar-refractivity contribution in [3.8, 4) is 0 Å². The summed E-state index contributed by atoms with van der Waals surface area (Å²) in [6.45, 7) is 4.76. The molecule has 5 heteroatoms. The molecule has 20 heavy (non-hydrogen) atoms. The average Bonchev–Trinajstić information content (AvgIpc) is 2.39. The van der Waals surface area contributed by atoms with Gasteiger partial charge in [-0.15, -0.1) is 0 Å². The Labute approximate surface area is 122 Å². The van der Waals surface area contributed by atoms with E-state index in [1.165, 1.54) is 22.8 Å². The fourth-order valence-electron chi connectivity index (χ4n) is 1.95. The van der Waals surface area contributed by atoms with E-state index in [1.54, 1.807) is 12.1 Å². The van der Waals surface area contributed by atoms with Crippen LogP contribution in [0.25, 0.3) is 0 Å². The molecule has 0 saturated heterocycles. The van der Waals surface area contributed by atoms with Crippen molar-refractivity contribution in [3.63, 3.8) is 0 Å². The molecule has 0 fully saturated rings. The summed E-state index contributed by atoms with van der Waals surface area (Å²) < 4.78 is 0. The Morgan fingerprint density at radius 2 is 1.95 bits per heavy atom. The maximum atomic E-state index is 10.7. The lowest BCUT2D eigenvalue weighted by Gasteiger charge is -2.10. The van der Waals surface area contributed by atoms with Crippen LogP contribution >= 0.6 is 11.6 Å². The Bertz CT molecular complexity index is 656. The van der Waals surface area contributed by atoms with Gasteiger partial charge < -0.3 is 5.32 Å². The van der Waals surface area contributed by atoms with E-state index < -0.39 is 4.92 Å². The van der Waals surface area contributed by atoms with Crippen molar-refractivity contribution < 1.29 is 4.92 Å². The molecule has 2 aromatic carbocycles. The summed E-state index contributed by atoms with van der Waals surface area (Å²) in [5, 5.41) is 14.1. The highest BCUT2D eigenvalue weighted by Crippen LogP contribution is 2.27. The number of nitro benzene ring substituents is 1. The second kappa shape index (κ2) is 5.92. The van der Waals surface area contributed by atoms with Crippen molar-refractivity contribution in [2.45, 2.75) is 20.4 Å². The number of hydrogen-bond acceptors (Lipinski definition) is 3. The highest BCUT2D eigenvalue weighted by Gasteiger charge is 2.11. The Hall–Kier alpha value is -2.07. The van der Waals surface area contributed by atoms with Crippen molar-refractivity contribution >= 4 is 23.0 Å². The van der Waals surface area contributed by atoms with Gasteiger partial charge in [0.25, 0.3) is 5.69 Å². The molecule has 104 valence electrons. The fourth-order valence-corrected chi connectivity index (χ4v) is 2.20. The molecule has 0 heterocycles. The van der Waals surface area contributed by atoms with Gasteiger partial charge in [0, 0.05) is 18.3 Å².